The van der Waals surface area contributed by atoms with Crippen molar-refractivity contribution in [1.82, 2.24) is 0 Å². The van der Waals surface area contributed by atoms with Gasteiger partial charge in [-0.2, -0.15) is 0 Å². The van der Waals surface area contributed by atoms with Gasteiger partial charge in [0.2, 0.25) is 0 Å². The summed E-state index contributed by atoms with van der Waals surface area (Å²) in [6.07, 6.45) is 14.9. The molecule has 1 nitrogen and oxygen atoms in total. The highest BCUT2D eigenvalue weighted by Gasteiger charge is 2.30. The Kier molecular flexibility index (Phi) is 5.06. The Labute approximate surface area is 106 Å². The van der Waals surface area contributed by atoms with Crippen LogP contribution in [0.15, 0.2) is 0 Å². The van der Waals surface area contributed by atoms with Gasteiger partial charge in [0.1, 0.15) is 6.29 Å². The third kappa shape index (κ3) is 3.56. The molecule has 0 radical (unpaired) electrons. The maximum Gasteiger partial charge on any atom is 0.123 e. The summed E-state index contributed by atoms with van der Waals surface area (Å²) in [6.45, 7) is 2.31. The lowest BCUT2D eigenvalue weighted by atomic mass is 9.69. The van der Waals surface area contributed by atoms with Gasteiger partial charge in [-0.15, -0.1) is 0 Å². The zero-order chi connectivity index (χ0) is 12.1. The van der Waals surface area contributed by atoms with Crippen LogP contribution in [0.3, 0.4) is 0 Å². The molecule has 2 aliphatic carbocycles. The zero-order valence-electron chi connectivity index (χ0n) is 11.4. The van der Waals surface area contributed by atoms with Crippen LogP contribution in [0.5, 0.6) is 0 Å². The summed E-state index contributed by atoms with van der Waals surface area (Å²) in [5.74, 6) is 3.37. The Hall–Kier alpha value is -0.330. The topological polar surface area (TPSA) is 17.1 Å². The van der Waals surface area contributed by atoms with Gasteiger partial charge in [-0.1, -0.05) is 32.6 Å². The standard InChI is InChI=1S/C16H28O/c1-2-3-13-4-8-15(9-5-13)16-10-6-14(12-17)7-11-16/h12-16H,2-11H2,1H3/t13-,14-,15-,16-. The molecule has 0 amide bonds. The molecule has 0 N–H and O–H groups in total. The number of carbonyl (C=O) groups is 1. The number of hydrogen-bond acceptors (Lipinski definition) is 1. The summed E-state index contributed by atoms with van der Waals surface area (Å²) >= 11 is 0. The number of aldehydes is 1. The van der Waals surface area contributed by atoms with Gasteiger partial charge in [0, 0.05) is 5.92 Å². The van der Waals surface area contributed by atoms with Crippen molar-refractivity contribution in [3.8, 4) is 0 Å². The lowest BCUT2D eigenvalue weighted by Crippen LogP contribution is -2.26. The van der Waals surface area contributed by atoms with Crippen molar-refractivity contribution in [2.45, 2.75) is 71.1 Å². The molecule has 0 aromatic heterocycles. The molecule has 0 heterocycles. The molecular weight excluding hydrogens is 208 g/mol. The first-order valence-electron chi connectivity index (χ1n) is 7.78. The van der Waals surface area contributed by atoms with Crippen LogP contribution in [-0.4, -0.2) is 6.29 Å². The van der Waals surface area contributed by atoms with E-state index in [2.05, 4.69) is 6.92 Å². The van der Waals surface area contributed by atoms with E-state index in [1.165, 1.54) is 70.5 Å². The SMILES string of the molecule is CCC[C@H]1CC[C@H]([C@H]2CC[C@H](C=O)CC2)CC1. The van der Waals surface area contributed by atoms with Gasteiger partial charge in [0.05, 0.1) is 0 Å². The van der Waals surface area contributed by atoms with Gasteiger partial charge in [0.15, 0.2) is 0 Å². The molecule has 2 saturated carbocycles. The summed E-state index contributed by atoms with van der Waals surface area (Å²) in [5.41, 5.74) is 0. The van der Waals surface area contributed by atoms with E-state index in [0.717, 1.165) is 17.8 Å². The van der Waals surface area contributed by atoms with Crippen LogP contribution in [0.4, 0.5) is 0 Å². The number of carbonyl (C=O) groups excluding carboxylic acids is 1. The second-order valence-electron chi connectivity index (χ2n) is 6.38. The fraction of sp³-hybridized carbons (Fsp3) is 0.938. The summed E-state index contributed by atoms with van der Waals surface area (Å²) in [4.78, 5) is 10.8. The van der Waals surface area contributed by atoms with Crippen molar-refractivity contribution >= 4 is 6.29 Å². The summed E-state index contributed by atoms with van der Waals surface area (Å²) < 4.78 is 0. The lowest BCUT2D eigenvalue weighted by molar-refractivity contribution is -0.112. The van der Waals surface area contributed by atoms with Crippen LogP contribution in [0.25, 0.3) is 0 Å². The van der Waals surface area contributed by atoms with Crippen molar-refractivity contribution in [2.24, 2.45) is 23.7 Å². The maximum absolute atomic E-state index is 10.8. The van der Waals surface area contributed by atoms with Gasteiger partial charge in [-0.05, 0) is 56.3 Å². The van der Waals surface area contributed by atoms with Crippen LogP contribution in [0.2, 0.25) is 0 Å². The minimum atomic E-state index is 0.391. The van der Waals surface area contributed by atoms with Crippen molar-refractivity contribution in [2.75, 3.05) is 0 Å². The van der Waals surface area contributed by atoms with Gasteiger partial charge in [-0.3, -0.25) is 0 Å². The summed E-state index contributed by atoms with van der Waals surface area (Å²) in [7, 11) is 0. The van der Waals surface area contributed by atoms with Crippen molar-refractivity contribution in [3.63, 3.8) is 0 Å². The Balaban J connectivity index is 1.72. The molecule has 0 saturated heterocycles. The third-order valence-electron chi connectivity index (χ3n) is 5.26. The average molecular weight is 236 g/mol. The molecule has 2 aliphatic rings. The molecule has 0 bridgehead atoms. The van der Waals surface area contributed by atoms with E-state index in [-0.39, 0.29) is 0 Å². The van der Waals surface area contributed by atoms with E-state index in [1.54, 1.807) is 0 Å². The van der Waals surface area contributed by atoms with Gasteiger partial charge in [-0.25, -0.2) is 0 Å². The Morgan fingerprint density at radius 1 is 0.882 bits per heavy atom. The smallest absolute Gasteiger partial charge is 0.123 e. The molecule has 0 spiro atoms. The van der Waals surface area contributed by atoms with E-state index >= 15 is 0 Å². The second-order valence-corrected chi connectivity index (χ2v) is 6.38. The quantitative estimate of drug-likeness (QED) is 0.652. The molecule has 0 unspecified atom stereocenters. The van der Waals surface area contributed by atoms with E-state index < -0.39 is 0 Å². The van der Waals surface area contributed by atoms with E-state index in [1.807, 2.05) is 0 Å². The van der Waals surface area contributed by atoms with Crippen LogP contribution in [0.1, 0.15) is 71.1 Å². The molecule has 1 heteroatoms. The first kappa shape index (κ1) is 13.1. The van der Waals surface area contributed by atoms with E-state index in [9.17, 15) is 4.79 Å². The normalized spacial score (nSPS) is 38.9. The van der Waals surface area contributed by atoms with Gasteiger partial charge >= 0.3 is 0 Å². The Morgan fingerprint density at radius 3 is 1.88 bits per heavy atom. The molecule has 2 rings (SSSR count). The van der Waals surface area contributed by atoms with E-state index in [4.69, 9.17) is 0 Å². The number of rotatable bonds is 4. The fourth-order valence-corrected chi connectivity index (χ4v) is 4.11. The van der Waals surface area contributed by atoms with E-state index in [0.29, 0.717) is 5.92 Å². The fourth-order valence-electron chi connectivity index (χ4n) is 4.11. The molecule has 0 aromatic carbocycles. The predicted octanol–water partition coefficient (Wildman–Crippen LogP) is 4.60. The zero-order valence-corrected chi connectivity index (χ0v) is 11.4. The van der Waals surface area contributed by atoms with Gasteiger partial charge < -0.3 is 4.79 Å². The van der Waals surface area contributed by atoms with Crippen molar-refractivity contribution in [1.29, 1.82) is 0 Å². The second kappa shape index (κ2) is 6.56. The molecular formula is C16H28O. The average Bonchev–Trinajstić information content (AvgIpc) is 2.40. The molecule has 0 aromatic rings. The molecule has 17 heavy (non-hydrogen) atoms. The molecule has 98 valence electrons. The van der Waals surface area contributed by atoms with Crippen LogP contribution < -0.4 is 0 Å². The molecule has 0 aliphatic heterocycles. The highest BCUT2D eigenvalue weighted by Crippen LogP contribution is 2.41. The highest BCUT2D eigenvalue weighted by molar-refractivity contribution is 5.53. The predicted molar refractivity (Wildman–Crippen MR) is 71.9 cm³/mol. The van der Waals surface area contributed by atoms with Crippen LogP contribution in [-0.2, 0) is 4.79 Å². The highest BCUT2D eigenvalue weighted by atomic mass is 16.1. The monoisotopic (exact) mass is 236 g/mol. The summed E-state index contributed by atoms with van der Waals surface area (Å²) in [5, 5.41) is 0. The minimum absolute atomic E-state index is 0.391. The number of hydrogen-bond donors (Lipinski definition) is 0. The molecule has 0 atom stereocenters. The largest absolute Gasteiger partial charge is 0.303 e. The Morgan fingerprint density at radius 2 is 1.41 bits per heavy atom. The van der Waals surface area contributed by atoms with Crippen molar-refractivity contribution in [3.05, 3.63) is 0 Å². The van der Waals surface area contributed by atoms with Crippen molar-refractivity contribution < 1.29 is 4.79 Å². The minimum Gasteiger partial charge on any atom is -0.303 e. The third-order valence-corrected chi connectivity index (χ3v) is 5.26. The molecule has 2 fully saturated rings. The summed E-state index contributed by atoms with van der Waals surface area (Å²) in [6, 6.07) is 0. The van der Waals surface area contributed by atoms with Crippen LogP contribution in [0, 0.1) is 23.7 Å². The first-order valence-corrected chi connectivity index (χ1v) is 7.78. The lowest BCUT2D eigenvalue weighted by Gasteiger charge is -2.37. The Bertz CT molecular complexity index is 220. The van der Waals surface area contributed by atoms with Gasteiger partial charge in [0.25, 0.3) is 0 Å². The van der Waals surface area contributed by atoms with Crippen LogP contribution >= 0.6 is 0 Å². The maximum atomic E-state index is 10.8. The first-order chi connectivity index (χ1) is 8.33.